The Morgan fingerprint density at radius 3 is 2.40 bits per heavy atom. The number of hydrogen-bond acceptors (Lipinski definition) is 3. The first-order valence-corrected chi connectivity index (χ1v) is 8.69. The van der Waals surface area contributed by atoms with Crippen LogP contribution in [0.15, 0.2) is 53.0 Å². The van der Waals surface area contributed by atoms with Crippen molar-refractivity contribution in [2.75, 3.05) is 36.4 Å². The minimum Gasteiger partial charge on any atom is -0.366 e. The number of benzene rings is 2. The van der Waals surface area contributed by atoms with Crippen LogP contribution >= 0.6 is 15.9 Å². The quantitative estimate of drug-likeness (QED) is 0.781. The van der Waals surface area contributed by atoms with Gasteiger partial charge >= 0.3 is 11.8 Å². The number of anilines is 2. The number of carbonyl (C=O) groups excluding carboxylic acids is 2. The largest absolute Gasteiger partial charge is 0.366 e. The van der Waals surface area contributed by atoms with E-state index in [-0.39, 0.29) is 5.82 Å². The Hall–Kier alpha value is -2.41. The lowest BCUT2D eigenvalue weighted by molar-refractivity contribution is -0.143. The van der Waals surface area contributed by atoms with Gasteiger partial charge in [-0.25, -0.2) is 4.39 Å². The van der Waals surface area contributed by atoms with Gasteiger partial charge < -0.3 is 15.1 Å². The number of hydrogen-bond donors (Lipinski definition) is 1. The topological polar surface area (TPSA) is 52.7 Å². The zero-order valence-electron chi connectivity index (χ0n) is 13.4. The van der Waals surface area contributed by atoms with Gasteiger partial charge in [-0.15, -0.1) is 0 Å². The molecule has 0 aliphatic carbocycles. The Labute approximate surface area is 153 Å². The number of piperazine rings is 1. The molecule has 2 aromatic rings. The first-order chi connectivity index (χ1) is 12.0. The Kier molecular flexibility index (Phi) is 5.33. The van der Waals surface area contributed by atoms with Crippen LogP contribution in [0.25, 0.3) is 0 Å². The number of halogens is 2. The lowest BCUT2D eigenvalue weighted by Gasteiger charge is -2.35. The second kappa shape index (κ2) is 7.65. The van der Waals surface area contributed by atoms with E-state index in [1.807, 2.05) is 11.0 Å². The minimum atomic E-state index is -0.669. The standard InChI is InChI=1S/C18H17BrFN3O2/c19-13-4-3-5-14(12-13)21-17(24)18(25)23-10-8-22(9-11-23)16-7-2-1-6-15(16)20/h1-7,12H,8-11H2,(H,21,24). The average Bonchev–Trinajstić information content (AvgIpc) is 2.62. The molecular formula is C18H17BrFN3O2. The fourth-order valence-corrected chi connectivity index (χ4v) is 3.15. The second-order valence-electron chi connectivity index (χ2n) is 5.70. The van der Waals surface area contributed by atoms with Gasteiger partial charge in [-0.1, -0.05) is 34.1 Å². The molecule has 0 radical (unpaired) electrons. The molecule has 3 rings (SSSR count). The third-order valence-corrected chi connectivity index (χ3v) is 4.53. The molecule has 0 saturated carbocycles. The summed E-state index contributed by atoms with van der Waals surface area (Å²) in [7, 11) is 0. The Morgan fingerprint density at radius 1 is 1.00 bits per heavy atom. The van der Waals surface area contributed by atoms with Crippen LogP contribution in [-0.4, -0.2) is 42.9 Å². The highest BCUT2D eigenvalue weighted by atomic mass is 79.9. The maximum atomic E-state index is 13.8. The van der Waals surface area contributed by atoms with E-state index in [1.165, 1.54) is 11.0 Å². The maximum Gasteiger partial charge on any atom is 0.313 e. The van der Waals surface area contributed by atoms with Crippen LogP contribution < -0.4 is 10.2 Å². The van der Waals surface area contributed by atoms with E-state index in [1.54, 1.807) is 36.4 Å². The van der Waals surface area contributed by atoms with Crippen molar-refractivity contribution < 1.29 is 14.0 Å². The molecule has 0 spiro atoms. The second-order valence-corrected chi connectivity index (χ2v) is 6.61. The smallest absolute Gasteiger partial charge is 0.313 e. The van der Waals surface area contributed by atoms with Crippen LogP contribution in [0.5, 0.6) is 0 Å². The highest BCUT2D eigenvalue weighted by Gasteiger charge is 2.26. The molecule has 5 nitrogen and oxygen atoms in total. The Balaban J connectivity index is 1.58. The van der Waals surface area contributed by atoms with Crippen molar-refractivity contribution in [3.05, 3.63) is 58.8 Å². The Morgan fingerprint density at radius 2 is 1.72 bits per heavy atom. The van der Waals surface area contributed by atoms with Gasteiger partial charge in [0.05, 0.1) is 5.69 Å². The zero-order chi connectivity index (χ0) is 17.8. The van der Waals surface area contributed by atoms with Crippen molar-refractivity contribution in [3.8, 4) is 0 Å². The molecule has 2 aromatic carbocycles. The predicted octanol–water partition coefficient (Wildman–Crippen LogP) is 2.88. The van der Waals surface area contributed by atoms with E-state index in [0.29, 0.717) is 37.6 Å². The lowest BCUT2D eigenvalue weighted by Crippen LogP contribution is -2.51. The normalized spacial score (nSPS) is 14.3. The molecule has 2 amide bonds. The van der Waals surface area contributed by atoms with Crippen LogP contribution in [0.4, 0.5) is 15.8 Å². The summed E-state index contributed by atoms with van der Waals surface area (Å²) >= 11 is 3.32. The van der Waals surface area contributed by atoms with E-state index < -0.39 is 11.8 Å². The molecule has 25 heavy (non-hydrogen) atoms. The molecule has 1 fully saturated rings. The molecule has 1 saturated heterocycles. The summed E-state index contributed by atoms with van der Waals surface area (Å²) in [6.45, 7) is 1.71. The summed E-state index contributed by atoms with van der Waals surface area (Å²) < 4.78 is 14.7. The summed E-state index contributed by atoms with van der Waals surface area (Å²) in [4.78, 5) is 27.8. The molecule has 130 valence electrons. The molecule has 1 heterocycles. The summed E-state index contributed by atoms with van der Waals surface area (Å²) in [5, 5.41) is 2.60. The third-order valence-electron chi connectivity index (χ3n) is 4.04. The van der Waals surface area contributed by atoms with E-state index in [2.05, 4.69) is 21.2 Å². The van der Waals surface area contributed by atoms with Crippen LogP contribution in [0.3, 0.4) is 0 Å². The number of rotatable bonds is 2. The van der Waals surface area contributed by atoms with Crippen molar-refractivity contribution in [2.45, 2.75) is 0 Å². The van der Waals surface area contributed by atoms with Gasteiger partial charge in [0.2, 0.25) is 0 Å². The van der Waals surface area contributed by atoms with E-state index in [0.717, 1.165) is 4.47 Å². The summed E-state index contributed by atoms with van der Waals surface area (Å²) in [5.41, 5.74) is 1.07. The fraction of sp³-hybridized carbons (Fsp3) is 0.222. The van der Waals surface area contributed by atoms with Gasteiger partial charge in [0.15, 0.2) is 0 Å². The first-order valence-electron chi connectivity index (χ1n) is 7.90. The molecule has 0 unspecified atom stereocenters. The monoisotopic (exact) mass is 405 g/mol. The molecule has 1 aliphatic rings. The van der Waals surface area contributed by atoms with Gasteiger partial charge in [-0.2, -0.15) is 0 Å². The van der Waals surface area contributed by atoms with Crippen LogP contribution in [0, 0.1) is 5.82 Å². The molecule has 1 N–H and O–H groups in total. The number of carbonyl (C=O) groups is 2. The minimum absolute atomic E-state index is 0.283. The summed E-state index contributed by atoms with van der Waals surface area (Å²) in [6, 6.07) is 13.6. The molecule has 0 bridgehead atoms. The highest BCUT2D eigenvalue weighted by molar-refractivity contribution is 9.10. The zero-order valence-corrected chi connectivity index (χ0v) is 15.0. The molecule has 7 heteroatoms. The van der Waals surface area contributed by atoms with E-state index >= 15 is 0 Å². The fourth-order valence-electron chi connectivity index (χ4n) is 2.75. The molecule has 0 atom stereocenters. The van der Waals surface area contributed by atoms with Crippen molar-refractivity contribution in [3.63, 3.8) is 0 Å². The van der Waals surface area contributed by atoms with Gasteiger partial charge in [-0.3, -0.25) is 9.59 Å². The van der Waals surface area contributed by atoms with Gasteiger partial charge in [0, 0.05) is 36.3 Å². The molecule has 0 aromatic heterocycles. The summed E-state index contributed by atoms with van der Waals surface area (Å²) in [6.07, 6.45) is 0. The average molecular weight is 406 g/mol. The van der Waals surface area contributed by atoms with Crippen LogP contribution in [-0.2, 0) is 9.59 Å². The van der Waals surface area contributed by atoms with Crippen molar-refractivity contribution in [2.24, 2.45) is 0 Å². The molecular weight excluding hydrogens is 389 g/mol. The highest BCUT2D eigenvalue weighted by Crippen LogP contribution is 2.20. The summed E-state index contributed by atoms with van der Waals surface area (Å²) in [5.74, 6) is -1.53. The van der Waals surface area contributed by atoms with Crippen molar-refractivity contribution in [1.82, 2.24) is 4.90 Å². The van der Waals surface area contributed by atoms with Gasteiger partial charge in [0.25, 0.3) is 0 Å². The van der Waals surface area contributed by atoms with Gasteiger partial charge in [0.1, 0.15) is 5.82 Å². The third kappa shape index (κ3) is 4.17. The maximum absolute atomic E-state index is 13.8. The molecule has 1 aliphatic heterocycles. The van der Waals surface area contributed by atoms with Crippen LogP contribution in [0.2, 0.25) is 0 Å². The van der Waals surface area contributed by atoms with E-state index in [4.69, 9.17) is 0 Å². The SMILES string of the molecule is O=C(Nc1cccc(Br)c1)C(=O)N1CCN(c2ccccc2F)CC1. The lowest BCUT2D eigenvalue weighted by atomic mass is 10.2. The van der Waals surface area contributed by atoms with Crippen molar-refractivity contribution in [1.29, 1.82) is 0 Å². The number of nitrogens with zero attached hydrogens (tertiary/aromatic N) is 2. The van der Waals surface area contributed by atoms with E-state index in [9.17, 15) is 14.0 Å². The first kappa shape index (κ1) is 17.4. The number of amides is 2. The van der Waals surface area contributed by atoms with Gasteiger partial charge in [-0.05, 0) is 30.3 Å². The van der Waals surface area contributed by atoms with Crippen molar-refractivity contribution >= 4 is 39.1 Å². The number of para-hydroxylation sites is 1. The van der Waals surface area contributed by atoms with Crippen LogP contribution in [0.1, 0.15) is 0 Å². The number of nitrogens with one attached hydrogen (secondary N) is 1. The Bertz CT molecular complexity index is 791. The predicted molar refractivity (Wildman–Crippen MR) is 98.0 cm³/mol.